The van der Waals surface area contributed by atoms with Gasteiger partial charge in [0, 0.05) is 6.61 Å². The second-order valence-electron chi connectivity index (χ2n) is 16.1. The van der Waals surface area contributed by atoms with Crippen LogP contribution in [-0.4, -0.2) is 41.1 Å². The Morgan fingerprint density at radius 2 is 0.653 bits per heavy atom. The van der Waals surface area contributed by atoms with E-state index in [1.54, 1.807) is 0 Å². The molecule has 0 fully saturated rings. The van der Waals surface area contributed by atoms with Crippen LogP contribution in [0.5, 0.6) is 0 Å². The summed E-state index contributed by atoms with van der Waals surface area (Å²) in [6.45, 7) is 39.5. The molecule has 3 N–H and O–H groups in total. The zero-order valence-corrected chi connectivity index (χ0v) is 36.7. The van der Waals surface area contributed by atoms with E-state index in [1.165, 1.54) is 69.9 Å². The molecule has 0 aromatic rings. The Hall–Kier alpha value is -1.21. The van der Waals surface area contributed by atoms with Gasteiger partial charge in [0.15, 0.2) is 0 Å². The van der Waals surface area contributed by atoms with Crippen LogP contribution in [0.1, 0.15) is 179 Å². The first-order chi connectivity index (χ1) is 22.6. The maximum absolute atomic E-state index is 9.84. The molecule has 0 atom stereocenters. The predicted molar refractivity (Wildman–Crippen MR) is 208 cm³/mol. The van der Waals surface area contributed by atoms with Gasteiger partial charge in [0.1, 0.15) is 0 Å². The molecule has 0 spiro atoms. The van der Waals surface area contributed by atoms with E-state index in [9.17, 15) is 14.4 Å². The summed E-state index contributed by atoms with van der Waals surface area (Å²) in [5.74, 6) is 0. The van der Waals surface area contributed by atoms with Crippen molar-refractivity contribution in [1.82, 2.24) is 0 Å². The Morgan fingerprint density at radius 1 is 0.490 bits per heavy atom. The van der Waals surface area contributed by atoms with E-state index >= 15 is 0 Å². The zero-order valence-electron chi connectivity index (χ0n) is 34.3. The molecule has 7 nitrogen and oxygen atoms in total. The first kappa shape index (κ1) is 66.1. The molecule has 0 rings (SSSR count). The van der Waals surface area contributed by atoms with Crippen molar-refractivity contribution in [2.24, 2.45) is 21.7 Å². The number of unbranched alkanes of at least 4 members (excludes halogenated alkanes) is 9. The summed E-state index contributed by atoms with van der Waals surface area (Å²) in [5.41, 5.74) is 1.45. The van der Waals surface area contributed by atoms with Crippen molar-refractivity contribution in [3.8, 4) is 0 Å². The van der Waals surface area contributed by atoms with E-state index in [-0.39, 0.29) is 12.0 Å². The van der Waals surface area contributed by atoms with Gasteiger partial charge in [-0.2, -0.15) is 19.3 Å². The van der Waals surface area contributed by atoms with Gasteiger partial charge in [0.2, 0.25) is 0 Å². The Kier molecular flexibility index (Phi) is 69.0. The standard InChI is InChI=1S/3C10H19O.C5H12O.2C3H5.H2O2.O.Zr/c3*1-10(2,3)8-6-4-5-7-9-11;1-5(2,3)4-6;2*1-3-2;1-2;;/h3*4-8H2,1-3H3;6H,4H2,1-3H3;2*3H,1-2H2;1-2H;;/q3*-1;;2*-1;;;. The van der Waals surface area contributed by atoms with Gasteiger partial charge in [-0.3, -0.25) is 29.4 Å². The van der Waals surface area contributed by atoms with Crippen molar-refractivity contribution in [1.29, 1.82) is 0 Å². The van der Waals surface area contributed by atoms with Gasteiger partial charge in [-0.1, -0.05) is 141 Å². The molecule has 0 aliphatic heterocycles. The van der Waals surface area contributed by atoms with Crippen molar-refractivity contribution in [2.45, 2.75) is 179 Å². The minimum absolute atomic E-state index is 0.0972. The van der Waals surface area contributed by atoms with Crippen LogP contribution in [0.15, 0.2) is 25.3 Å². The van der Waals surface area contributed by atoms with Crippen LogP contribution in [0, 0.1) is 35.5 Å². The third kappa shape index (κ3) is 141. The molecule has 8 heteroatoms. The molecule has 0 amide bonds. The molecule has 0 unspecified atom stereocenters. The molecule has 296 valence electrons. The molecule has 0 radical (unpaired) electrons. The fraction of sp³-hybridized carbons (Fsp3) is 0.780. The third-order valence-corrected chi connectivity index (χ3v) is 5.59. The van der Waals surface area contributed by atoms with E-state index in [1.807, 2.05) is 39.6 Å². The van der Waals surface area contributed by atoms with E-state index in [4.69, 9.17) is 18.4 Å². The van der Waals surface area contributed by atoms with Gasteiger partial charge < -0.3 is 19.5 Å². The number of rotatable bonds is 15. The second kappa shape index (κ2) is 51.2. The fourth-order valence-corrected chi connectivity index (χ4v) is 3.09. The number of carbonyl (C=O) groups excluding carboxylic acids is 3. The summed E-state index contributed by atoms with van der Waals surface area (Å²) in [6.07, 6.45) is 24.6. The van der Waals surface area contributed by atoms with Crippen LogP contribution in [0.2, 0.25) is 0 Å². The summed E-state index contributed by atoms with van der Waals surface area (Å²) >= 11 is 0.300. The van der Waals surface area contributed by atoms with Crippen molar-refractivity contribution in [3.05, 3.63) is 39.2 Å². The Balaban J connectivity index is -0.0000000707. The molecule has 0 bridgehead atoms. The molecule has 0 aliphatic rings. The molecular weight excluding hydrogens is 696 g/mol. The van der Waals surface area contributed by atoms with Gasteiger partial charge in [-0.05, 0) is 40.9 Å². The molecule has 0 saturated heterocycles. The number of hydrogen-bond acceptors (Lipinski definition) is 7. The number of aliphatic hydroxyl groups is 1. The van der Waals surface area contributed by atoms with E-state index in [2.05, 4.69) is 89.3 Å². The molecular formula is C41H81O7Zr-5. The minimum atomic E-state index is 0.0972. The number of aliphatic hydroxyl groups excluding tert-OH is 1. The molecule has 0 aliphatic carbocycles. The molecule has 0 aromatic carbocycles. The normalized spacial score (nSPS) is 9.92. The van der Waals surface area contributed by atoms with Gasteiger partial charge >= 0.3 is 27.5 Å². The second-order valence-corrected chi connectivity index (χ2v) is 16.1. The van der Waals surface area contributed by atoms with Crippen molar-refractivity contribution in [3.63, 3.8) is 0 Å². The first-order valence-electron chi connectivity index (χ1n) is 17.4. The summed E-state index contributed by atoms with van der Waals surface area (Å²) in [5, 5.41) is 20.4. The summed E-state index contributed by atoms with van der Waals surface area (Å²) in [4.78, 5) is 29.5. The number of hydrogen-bond donors (Lipinski definition) is 3. The van der Waals surface area contributed by atoms with Crippen molar-refractivity contribution >= 4 is 18.9 Å². The molecule has 0 heterocycles. The number of allylic oxidation sites excluding steroid dienone is 2. The van der Waals surface area contributed by atoms with E-state index < -0.39 is 0 Å². The maximum atomic E-state index is 9.84. The fourth-order valence-electron chi connectivity index (χ4n) is 3.09. The monoisotopic (exact) mass is 776 g/mol. The predicted octanol–water partition coefficient (Wildman–Crippen LogP) is 12.2. The molecule has 0 saturated carbocycles. The average molecular weight is 777 g/mol. The van der Waals surface area contributed by atoms with Crippen molar-refractivity contribution in [2.75, 3.05) is 6.61 Å². The van der Waals surface area contributed by atoms with Crippen molar-refractivity contribution < 1.29 is 57.5 Å². The van der Waals surface area contributed by atoms with Gasteiger partial charge in [0.05, 0.1) is 0 Å². The van der Waals surface area contributed by atoms with Gasteiger partial charge in [0.25, 0.3) is 0 Å². The zero-order chi connectivity index (χ0) is 40.8. The van der Waals surface area contributed by atoms with E-state index in [0.717, 1.165) is 19.3 Å². The molecule has 49 heavy (non-hydrogen) atoms. The summed E-state index contributed by atoms with van der Waals surface area (Å²) in [6, 6.07) is 0. The quantitative estimate of drug-likeness (QED) is 0.0653. The topological polar surface area (TPSA) is 129 Å². The Labute approximate surface area is 321 Å². The molecule has 0 aromatic heterocycles. The SMILES string of the molecule is C=C[CH2-].C=C[CH2-].CC(C)(C)CCCCC[C-]=O.CC(C)(C)CCCCC[C-]=O.CC(C)(C)CCCCC[C-]=O.CC(C)(C)CO.OO.[O]=[Zr]. The third-order valence-electron chi connectivity index (χ3n) is 5.59. The van der Waals surface area contributed by atoms with Crippen LogP contribution in [0.3, 0.4) is 0 Å². The van der Waals surface area contributed by atoms with Crippen LogP contribution in [0.25, 0.3) is 0 Å². The van der Waals surface area contributed by atoms with Crippen LogP contribution in [-0.2, 0) is 41.9 Å². The summed E-state index contributed by atoms with van der Waals surface area (Å²) < 4.78 is 8.34. The first-order valence-corrected chi connectivity index (χ1v) is 18.4. The van der Waals surface area contributed by atoms with Gasteiger partial charge in [-0.15, -0.1) is 0 Å². The Bertz CT molecular complexity index is 566. The van der Waals surface area contributed by atoms with Crippen LogP contribution >= 0.6 is 0 Å². The van der Waals surface area contributed by atoms with Crippen LogP contribution < -0.4 is 0 Å². The van der Waals surface area contributed by atoms with Crippen LogP contribution in [0.4, 0.5) is 0 Å². The van der Waals surface area contributed by atoms with Gasteiger partial charge in [-0.25, -0.2) is 39.2 Å². The Morgan fingerprint density at radius 3 is 0.755 bits per heavy atom. The average Bonchev–Trinajstić information content (AvgIpc) is 2.99. The summed E-state index contributed by atoms with van der Waals surface area (Å²) in [7, 11) is 0. The van der Waals surface area contributed by atoms with E-state index in [0.29, 0.717) is 60.2 Å².